The number of benzene rings is 1. The summed E-state index contributed by atoms with van der Waals surface area (Å²) in [6, 6.07) is 6.71. The van der Waals surface area contributed by atoms with Crippen LogP contribution in [-0.2, 0) is 13.5 Å². The van der Waals surface area contributed by atoms with Crippen LogP contribution in [0.25, 0.3) is 16.9 Å². The highest BCUT2D eigenvalue weighted by molar-refractivity contribution is 6.30. The number of hydrogen-bond donors (Lipinski definition) is 0. The minimum Gasteiger partial charge on any atom is -0.318 e. The van der Waals surface area contributed by atoms with Crippen LogP contribution in [0.5, 0.6) is 0 Å². The van der Waals surface area contributed by atoms with Crippen LogP contribution in [0.2, 0.25) is 5.02 Å². The summed E-state index contributed by atoms with van der Waals surface area (Å²) in [5.74, 6) is 0.430. The molecule has 0 aliphatic heterocycles. The molecule has 0 spiro atoms. The van der Waals surface area contributed by atoms with E-state index in [1.807, 2.05) is 0 Å². The Kier molecular flexibility index (Phi) is 4.62. The Balaban J connectivity index is 2.14. The Morgan fingerprint density at radius 1 is 1.25 bits per heavy atom. The summed E-state index contributed by atoms with van der Waals surface area (Å²) in [4.78, 5) is 21.4. The summed E-state index contributed by atoms with van der Waals surface area (Å²) < 4.78 is 27.9. The first-order valence-electron chi connectivity index (χ1n) is 7.44. The van der Waals surface area contributed by atoms with Crippen LogP contribution >= 0.6 is 11.6 Å². The summed E-state index contributed by atoms with van der Waals surface area (Å²) in [5, 5.41) is 0.540. The van der Waals surface area contributed by atoms with Gasteiger partial charge in [0.2, 0.25) is 6.43 Å². The van der Waals surface area contributed by atoms with Gasteiger partial charge in [0, 0.05) is 24.9 Å². The van der Waals surface area contributed by atoms with Gasteiger partial charge in [0.25, 0.3) is 5.56 Å². The summed E-state index contributed by atoms with van der Waals surface area (Å²) in [6.07, 6.45) is -0.598. The fraction of sp³-hybridized carbons (Fsp3) is 0.312. The number of hydrogen-bond acceptors (Lipinski definition) is 3. The van der Waals surface area contributed by atoms with E-state index in [4.69, 9.17) is 11.6 Å². The van der Waals surface area contributed by atoms with E-state index in [-0.39, 0.29) is 30.3 Å². The van der Waals surface area contributed by atoms with Crippen LogP contribution in [0.1, 0.15) is 18.7 Å². The van der Waals surface area contributed by atoms with Gasteiger partial charge in [-0.2, -0.15) is 0 Å². The molecule has 24 heavy (non-hydrogen) atoms. The average Bonchev–Trinajstić information content (AvgIpc) is 2.90. The van der Waals surface area contributed by atoms with Crippen molar-refractivity contribution in [2.45, 2.75) is 25.7 Å². The first kappa shape index (κ1) is 16.6. The molecule has 0 bridgehead atoms. The third kappa shape index (κ3) is 3.17. The van der Waals surface area contributed by atoms with Gasteiger partial charge in [0.05, 0.1) is 12.0 Å². The highest BCUT2D eigenvalue weighted by atomic mass is 35.5. The Labute approximate surface area is 141 Å². The number of aromatic nitrogens is 4. The molecule has 0 radical (unpaired) electrons. The fourth-order valence-corrected chi connectivity index (χ4v) is 2.67. The Bertz CT molecular complexity index is 918. The van der Waals surface area contributed by atoms with Crippen molar-refractivity contribution in [3.63, 3.8) is 0 Å². The monoisotopic (exact) mass is 352 g/mol. The van der Waals surface area contributed by atoms with Gasteiger partial charge < -0.3 is 4.57 Å². The number of alkyl halides is 2. The molecule has 0 saturated heterocycles. The van der Waals surface area contributed by atoms with Crippen LogP contribution in [0.3, 0.4) is 0 Å². The highest BCUT2D eigenvalue weighted by Crippen LogP contribution is 2.17. The highest BCUT2D eigenvalue weighted by Gasteiger charge is 2.16. The van der Waals surface area contributed by atoms with Crippen LogP contribution in [-0.4, -0.2) is 25.5 Å². The van der Waals surface area contributed by atoms with Crippen molar-refractivity contribution in [2.75, 3.05) is 0 Å². The van der Waals surface area contributed by atoms with Gasteiger partial charge in [-0.15, -0.1) is 0 Å². The number of halogens is 3. The second-order valence-corrected chi connectivity index (χ2v) is 5.89. The van der Waals surface area contributed by atoms with Crippen molar-refractivity contribution in [1.29, 1.82) is 0 Å². The predicted molar refractivity (Wildman–Crippen MR) is 88.1 cm³/mol. The topological polar surface area (TPSA) is 52.7 Å². The van der Waals surface area contributed by atoms with Crippen molar-refractivity contribution >= 4 is 22.8 Å². The van der Waals surface area contributed by atoms with Gasteiger partial charge in [-0.25, -0.2) is 18.7 Å². The number of rotatable bonds is 5. The Morgan fingerprint density at radius 2 is 1.96 bits per heavy atom. The Hall–Kier alpha value is -2.28. The van der Waals surface area contributed by atoms with Gasteiger partial charge >= 0.3 is 0 Å². The van der Waals surface area contributed by atoms with Crippen molar-refractivity contribution in [2.24, 2.45) is 7.05 Å². The molecule has 0 fully saturated rings. The average molecular weight is 353 g/mol. The van der Waals surface area contributed by atoms with Gasteiger partial charge in [-0.1, -0.05) is 11.6 Å². The second kappa shape index (κ2) is 6.68. The van der Waals surface area contributed by atoms with E-state index in [0.29, 0.717) is 22.2 Å². The van der Waals surface area contributed by atoms with E-state index in [9.17, 15) is 13.6 Å². The zero-order valence-corrected chi connectivity index (χ0v) is 13.7. The summed E-state index contributed by atoms with van der Waals surface area (Å²) in [7, 11) is 1.73. The van der Waals surface area contributed by atoms with Gasteiger partial charge in [0.1, 0.15) is 5.82 Å². The maximum atomic E-state index is 12.8. The largest absolute Gasteiger partial charge is 0.318 e. The van der Waals surface area contributed by atoms with E-state index in [0.717, 1.165) is 0 Å². The molecule has 0 unspecified atom stereocenters. The van der Waals surface area contributed by atoms with Crippen LogP contribution < -0.4 is 5.56 Å². The van der Waals surface area contributed by atoms with Gasteiger partial charge in [0.15, 0.2) is 11.2 Å². The van der Waals surface area contributed by atoms with Crippen molar-refractivity contribution in [3.8, 4) is 5.69 Å². The lowest BCUT2D eigenvalue weighted by atomic mass is 10.2. The SMILES string of the molecule is Cn1cnc2c(=O)n(-c3ccc(Cl)cc3)c(CCCC(F)F)nc21. The zero-order valence-electron chi connectivity index (χ0n) is 12.9. The molecule has 0 aliphatic carbocycles. The maximum absolute atomic E-state index is 12.8. The quantitative estimate of drug-likeness (QED) is 0.707. The Morgan fingerprint density at radius 3 is 2.62 bits per heavy atom. The third-order valence-electron chi connectivity index (χ3n) is 3.71. The summed E-state index contributed by atoms with van der Waals surface area (Å²) in [5.41, 5.74) is 0.939. The lowest BCUT2D eigenvalue weighted by Crippen LogP contribution is -2.24. The van der Waals surface area contributed by atoms with Crippen molar-refractivity contribution < 1.29 is 8.78 Å². The van der Waals surface area contributed by atoms with E-state index < -0.39 is 6.43 Å². The minimum atomic E-state index is -2.37. The molecule has 3 rings (SSSR count). The molecule has 1 aromatic carbocycles. The smallest absolute Gasteiger partial charge is 0.286 e. The minimum absolute atomic E-state index is 0.236. The van der Waals surface area contributed by atoms with Crippen LogP contribution in [0, 0.1) is 0 Å². The molecular weight excluding hydrogens is 338 g/mol. The van der Waals surface area contributed by atoms with E-state index in [1.165, 1.54) is 10.9 Å². The van der Waals surface area contributed by atoms with E-state index >= 15 is 0 Å². The molecule has 2 aromatic heterocycles. The molecule has 0 saturated carbocycles. The third-order valence-corrected chi connectivity index (χ3v) is 3.96. The zero-order chi connectivity index (χ0) is 17.3. The molecule has 126 valence electrons. The van der Waals surface area contributed by atoms with E-state index in [2.05, 4.69) is 9.97 Å². The summed E-state index contributed by atoms with van der Waals surface area (Å²) in [6.45, 7) is 0. The molecule has 3 aromatic rings. The fourth-order valence-electron chi connectivity index (χ4n) is 2.54. The molecule has 0 amide bonds. The molecular formula is C16H15ClF2N4O. The van der Waals surface area contributed by atoms with Gasteiger partial charge in [-0.3, -0.25) is 9.36 Å². The molecule has 2 heterocycles. The van der Waals surface area contributed by atoms with Crippen molar-refractivity contribution in [1.82, 2.24) is 19.1 Å². The summed E-state index contributed by atoms with van der Waals surface area (Å²) >= 11 is 5.89. The lowest BCUT2D eigenvalue weighted by Gasteiger charge is -2.12. The standard InChI is InChI=1S/C16H15ClF2N4O/c1-22-9-20-14-15(22)21-13(4-2-3-12(18)19)23(16(14)24)11-7-5-10(17)6-8-11/h5-9,12H,2-4H2,1H3. The number of nitrogens with zero attached hydrogens (tertiary/aromatic N) is 4. The number of imidazole rings is 1. The van der Waals surface area contributed by atoms with Crippen molar-refractivity contribution in [3.05, 3.63) is 51.8 Å². The molecule has 8 heteroatoms. The molecule has 5 nitrogen and oxygen atoms in total. The maximum Gasteiger partial charge on any atom is 0.286 e. The molecule has 0 N–H and O–H groups in total. The first-order valence-corrected chi connectivity index (χ1v) is 7.82. The first-order chi connectivity index (χ1) is 11.5. The molecule has 0 atom stereocenters. The second-order valence-electron chi connectivity index (χ2n) is 5.46. The van der Waals surface area contributed by atoms with Crippen LogP contribution in [0.4, 0.5) is 8.78 Å². The van der Waals surface area contributed by atoms with E-state index in [1.54, 1.807) is 35.9 Å². The number of aryl methyl sites for hydroxylation is 2. The predicted octanol–water partition coefficient (Wildman–Crippen LogP) is 3.36. The van der Waals surface area contributed by atoms with Gasteiger partial charge in [-0.05, 0) is 30.7 Å². The van der Waals surface area contributed by atoms with Crippen LogP contribution in [0.15, 0.2) is 35.4 Å². The number of fused-ring (bicyclic) bond motifs is 1. The molecule has 0 aliphatic rings. The normalized spacial score (nSPS) is 11.5. The lowest BCUT2D eigenvalue weighted by molar-refractivity contribution is 0.135.